The number of thioether (sulfide) groups is 2. The van der Waals surface area contributed by atoms with Crippen LogP contribution in [-0.4, -0.2) is 35.2 Å². The minimum absolute atomic E-state index is 0.163. The van der Waals surface area contributed by atoms with Crippen molar-refractivity contribution in [1.82, 2.24) is 0 Å². The number of ether oxygens (including phenoxy) is 2. The first-order chi connectivity index (χ1) is 5.31. The molecule has 2 aliphatic heterocycles. The Morgan fingerprint density at radius 1 is 1.18 bits per heavy atom. The standard InChI is InChI=1S/C6H11NO2S2/c7-5-8-3-6(4-9-5)10-1-2-11-6/h5H,1-4,7H2. The largest absolute Gasteiger partial charge is 0.338 e. The highest BCUT2D eigenvalue weighted by Crippen LogP contribution is 2.45. The summed E-state index contributed by atoms with van der Waals surface area (Å²) in [6.07, 6.45) is -0.498. The van der Waals surface area contributed by atoms with Crippen LogP contribution in [0.15, 0.2) is 0 Å². The molecule has 64 valence electrons. The van der Waals surface area contributed by atoms with Gasteiger partial charge in [-0.2, -0.15) is 0 Å². The molecular formula is C6H11NO2S2. The second-order valence-electron chi connectivity index (χ2n) is 2.60. The van der Waals surface area contributed by atoms with Crippen LogP contribution >= 0.6 is 23.5 Å². The molecule has 0 amide bonds. The van der Waals surface area contributed by atoms with Gasteiger partial charge < -0.3 is 9.47 Å². The quantitative estimate of drug-likeness (QED) is 0.605. The minimum Gasteiger partial charge on any atom is -0.338 e. The lowest BCUT2D eigenvalue weighted by Gasteiger charge is -2.33. The first-order valence-electron chi connectivity index (χ1n) is 3.57. The monoisotopic (exact) mass is 193 g/mol. The summed E-state index contributed by atoms with van der Waals surface area (Å²) in [5.41, 5.74) is 5.42. The van der Waals surface area contributed by atoms with Crippen LogP contribution in [0, 0.1) is 0 Å². The molecule has 2 fully saturated rings. The summed E-state index contributed by atoms with van der Waals surface area (Å²) in [5, 5.41) is 0. The van der Waals surface area contributed by atoms with Crippen molar-refractivity contribution < 1.29 is 9.47 Å². The minimum atomic E-state index is -0.498. The van der Waals surface area contributed by atoms with Gasteiger partial charge in [-0.3, -0.25) is 5.73 Å². The van der Waals surface area contributed by atoms with Gasteiger partial charge in [0.25, 0.3) is 0 Å². The second kappa shape index (κ2) is 3.14. The topological polar surface area (TPSA) is 44.5 Å². The fourth-order valence-corrected chi connectivity index (χ4v) is 4.02. The summed E-state index contributed by atoms with van der Waals surface area (Å²) >= 11 is 3.85. The molecule has 0 aliphatic carbocycles. The molecule has 2 saturated heterocycles. The summed E-state index contributed by atoms with van der Waals surface area (Å²) < 4.78 is 10.6. The van der Waals surface area contributed by atoms with E-state index in [9.17, 15) is 0 Å². The SMILES string of the molecule is NC1OCC2(CO1)SCCS2. The maximum atomic E-state index is 5.42. The Bertz CT molecular complexity index is 140. The van der Waals surface area contributed by atoms with Gasteiger partial charge in [0.15, 0.2) is 0 Å². The Balaban J connectivity index is 1.94. The second-order valence-corrected chi connectivity index (χ2v) is 5.81. The van der Waals surface area contributed by atoms with E-state index in [1.54, 1.807) is 0 Å². The highest BCUT2D eigenvalue weighted by molar-refractivity contribution is 8.21. The van der Waals surface area contributed by atoms with Crippen molar-refractivity contribution in [2.24, 2.45) is 5.73 Å². The van der Waals surface area contributed by atoms with Crippen molar-refractivity contribution in [2.45, 2.75) is 10.5 Å². The van der Waals surface area contributed by atoms with Crippen molar-refractivity contribution in [2.75, 3.05) is 24.7 Å². The first-order valence-corrected chi connectivity index (χ1v) is 5.55. The van der Waals surface area contributed by atoms with Gasteiger partial charge in [0.2, 0.25) is 6.41 Å². The highest BCUT2D eigenvalue weighted by Gasteiger charge is 2.40. The zero-order valence-corrected chi connectivity index (χ0v) is 7.75. The van der Waals surface area contributed by atoms with E-state index >= 15 is 0 Å². The van der Waals surface area contributed by atoms with Crippen LogP contribution < -0.4 is 5.73 Å². The van der Waals surface area contributed by atoms with Gasteiger partial charge in [0, 0.05) is 11.5 Å². The van der Waals surface area contributed by atoms with Gasteiger partial charge in [-0.15, -0.1) is 23.5 Å². The van der Waals surface area contributed by atoms with Crippen LogP contribution in [0.2, 0.25) is 0 Å². The van der Waals surface area contributed by atoms with Gasteiger partial charge in [0.1, 0.15) is 4.08 Å². The summed E-state index contributed by atoms with van der Waals surface area (Å²) in [7, 11) is 0. The van der Waals surface area contributed by atoms with Crippen molar-refractivity contribution in [1.29, 1.82) is 0 Å². The molecule has 0 radical (unpaired) electrons. The van der Waals surface area contributed by atoms with E-state index in [-0.39, 0.29) is 4.08 Å². The smallest absolute Gasteiger partial charge is 0.213 e. The van der Waals surface area contributed by atoms with Gasteiger partial charge in [0.05, 0.1) is 13.2 Å². The Hall–Kier alpha value is 0.580. The molecule has 0 saturated carbocycles. The lowest BCUT2D eigenvalue weighted by molar-refractivity contribution is -0.175. The maximum absolute atomic E-state index is 5.42. The highest BCUT2D eigenvalue weighted by atomic mass is 32.2. The number of hydrogen-bond donors (Lipinski definition) is 1. The van der Waals surface area contributed by atoms with Crippen LogP contribution in [0.5, 0.6) is 0 Å². The third-order valence-electron chi connectivity index (χ3n) is 1.75. The lowest BCUT2D eigenvalue weighted by Crippen LogP contribution is -2.44. The molecule has 1 spiro atoms. The number of nitrogens with two attached hydrogens (primary N) is 1. The number of hydrogen-bond acceptors (Lipinski definition) is 5. The van der Waals surface area contributed by atoms with E-state index in [1.807, 2.05) is 23.5 Å². The summed E-state index contributed by atoms with van der Waals surface area (Å²) in [6.45, 7) is 1.45. The van der Waals surface area contributed by atoms with Crippen molar-refractivity contribution in [3.8, 4) is 0 Å². The molecule has 2 heterocycles. The molecule has 0 bridgehead atoms. The lowest BCUT2D eigenvalue weighted by atomic mass is 10.4. The molecule has 0 aromatic heterocycles. The van der Waals surface area contributed by atoms with E-state index in [4.69, 9.17) is 15.2 Å². The van der Waals surface area contributed by atoms with Crippen LogP contribution in [0.1, 0.15) is 0 Å². The van der Waals surface area contributed by atoms with Crippen molar-refractivity contribution in [3.05, 3.63) is 0 Å². The number of rotatable bonds is 0. The zero-order valence-electron chi connectivity index (χ0n) is 6.12. The average molecular weight is 193 g/mol. The first kappa shape index (κ1) is 8.19. The normalized spacial score (nSPS) is 31.4. The van der Waals surface area contributed by atoms with E-state index in [1.165, 1.54) is 11.5 Å². The van der Waals surface area contributed by atoms with Crippen molar-refractivity contribution in [3.63, 3.8) is 0 Å². The molecule has 0 atom stereocenters. The Morgan fingerprint density at radius 3 is 2.27 bits per heavy atom. The van der Waals surface area contributed by atoms with Crippen LogP contribution in [0.3, 0.4) is 0 Å². The third kappa shape index (κ3) is 1.67. The molecule has 0 aromatic rings. The molecule has 2 rings (SSSR count). The molecular weight excluding hydrogens is 182 g/mol. The Morgan fingerprint density at radius 2 is 1.73 bits per heavy atom. The van der Waals surface area contributed by atoms with Gasteiger partial charge in [-0.25, -0.2) is 0 Å². The van der Waals surface area contributed by atoms with Gasteiger partial charge >= 0.3 is 0 Å². The molecule has 3 nitrogen and oxygen atoms in total. The molecule has 11 heavy (non-hydrogen) atoms. The van der Waals surface area contributed by atoms with Crippen molar-refractivity contribution >= 4 is 23.5 Å². The summed E-state index contributed by atoms with van der Waals surface area (Å²) in [5.74, 6) is 2.40. The summed E-state index contributed by atoms with van der Waals surface area (Å²) in [4.78, 5) is 0. The Labute approximate surface area is 74.4 Å². The molecule has 0 unspecified atom stereocenters. The fourth-order valence-electron chi connectivity index (χ4n) is 1.17. The van der Waals surface area contributed by atoms with E-state index in [0.717, 1.165) is 13.2 Å². The fraction of sp³-hybridized carbons (Fsp3) is 1.00. The third-order valence-corrected chi connectivity index (χ3v) is 5.05. The van der Waals surface area contributed by atoms with Gasteiger partial charge in [-0.1, -0.05) is 0 Å². The predicted molar refractivity (Wildman–Crippen MR) is 47.5 cm³/mol. The molecule has 5 heteroatoms. The Kier molecular flexibility index (Phi) is 2.34. The van der Waals surface area contributed by atoms with Crippen LogP contribution in [-0.2, 0) is 9.47 Å². The average Bonchev–Trinajstić information content (AvgIpc) is 2.45. The predicted octanol–water partition coefficient (Wildman–Crippen LogP) is 0.452. The maximum Gasteiger partial charge on any atom is 0.213 e. The summed E-state index contributed by atoms with van der Waals surface area (Å²) in [6, 6.07) is 0. The zero-order chi connectivity index (χ0) is 7.73. The van der Waals surface area contributed by atoms with E-state index < -0.39 is 6.41 Å². The van der Waals surface area contributed by atoms with E-state index in [0.29, 0.717) is 0 Å². The van der Waals surface area contributed by atoms with E-state index in [2.05, 4.69) is 0 Å². The van der Waals surface area contributed by atoms with Crippen LogP contribution in [0.4, 0.5) is 0 Å². The van der Waals surface area contributed by atoms with Crippen LogP contribution in [0.25, 0.3) is 0 Å². The van der Waals surface area contributed by atoms with Gasteiger partial charge in [-0.05, 0) is 0 Å². The molecule has 2 aliphatic rings. The molecule has 0 aromatic carbocycles. The molecule has 2 N–H and O–H groups in total.